The number of aryl methyl sites for hydroxylation is 1. The van der Waals surface area contributed by atoms with Gasteiger partial charge in [0.25, 0.3) is 11.5 Å². The van der Waals surface area contributed by atoms with Crippen molar-refractivity contribution in [3.63, 3.8) is 0 Å². The largest absolute Gasteiger partial charge is 0.467 e. The van der Waals surface area contributed by atoms with Crippen LogP contribution in [-0.2, 0) is 37.4 Å². The van der Waals surface area contributed by atoms with E-state index in [0.717, 1.165) is 4.57 Å². The minimum atomic E-state index is -0.823. The van der Waals surface area contributed by atoms with Crippen molar-refractivity contribution in [3.05, 3.63) is 22.9 Å². The van der Waals surface area contributed by atoms with Gasteiger partial charge >= 0.3 is 11.9 Å². The first-order valence-corrected chi connectivity index (χ1v) is 8.62. The Labute approximate surface area is 160 Å². The molecular weight excluding hydrogens is 370 g/mol. The molecule has 1 atom stereocenters. The summed E-state index contributed by atoms with van der Waals surface area (Å²) in [6, 6.07) is -0.823. The number of carbonyl (C=O) groups excluding carboxylic acids is 3. The van der Waals surface area contributed by atoms with Gasteiger partial charge in [-0.2, -0.15) is 5.10 Å². The van der Waals surface area contributed by atoms with E-state index in [-0.39, 0.29) is 11.3 Å². The molecule has 11 heteroatoms. The van der Waals surface area contributed by atoms with Crippen LogP contribution in [-0.4, -0.2) is 56.9 Å². The maximum absolute atomic E-state index is 12.3. The number of nitrogens with zero attached hydrogens (tertiary/aromatic N) is 4. The van der Waals surface area contributed by atoms with E-state index in [1.807, 2.05) is 13.8 Å². The third kappa shape index (κ3) is 5.15. The molecule has 28 heavy (non-hydrogen) atoms. The van der Waals surface area contributed by atoms with Crippen LogP contribution in [0.5, 0.6) is 0 Å². The lowest BCUT2D eigenvalue weighted by molar-refractivity contribution is -0.151. The van der Waals surface area contributed by atoms with Gasteiger partial charge in [0.2, 0.25) is 0 Å². The third-order valence-electron chi connectivity index (χ3n) is 3.91. The average Bonchev–Trinajstić information content (AvgIpc) is 3.02. The molecule has 0 fully saturated rings. The molecule has 0 saturated carbocycles. The van der Waals surface area contributed by atoms with Crippen LogP contribution in [0.15, 0.2) is 17.3 Å². The van der Waals surface area contributed by atoms with Crippen molar-refractivity contribution in [2.45, 2.75) is 32.9 Å². The van der Waals surface area contributed by atoms with Crippen LogP contribution in [0.3, 0.4) is 0 Å². The summed E-state index contributed by atoms with van der Waals surface area (Å²) in [5.41, 5.74) is -0.0461. The molecule has 2 rings (SSSR count). The minimum absolute atomic E-state index is 0.147. The smallest absolute Gasteiger partial charge is 0.328 e. The number of carbonyl (C=O) groups is 3. The highest BCUT2D eigenvalue weighted by atomic mass is 16.5. The molecule has 11 nitrogen and oxygen atoms in total. The molecule has 1 N–H and O–H groups in total. The molecule has 2 heterocycles. The van der Waals surface area contributed by atoms with E-state index in [2.05, 4.69) is 20.1 Å². The number of hydrogen-bond acceptors (Lipinski definition) is 8. The molecule has 2 aromatic heterocycles. The zero-order valence-corrected chi connectivity index (χ0v) is 16.2. The fourth-order valence-corrected chi connectivity index (χ4v) is 2.57. The summed E-state index contributed by atoms with van der Waals surface area (Å²) in [7, 11) is 2.87. The Morgan fingerprint density at radius 1 is 1.29 bits per heavy atom. The number of aromatic nitrogens is 4. The summed E-state index contributed by atoms with van der Waals surface area (Å²) in [6.45, 7) is 2.80. The topological polar surface area (TPSA) is 134 Å². The first-order valence-electron chi connectivity index (χ1n) is 8.62. The Morgan fingerprint density at radius 3 is 2.64 bits per heavy atom. The maximum atomic E-state index is 12.3. The van der Waals surface area contributed by atoms with Gasteiger partial charge in [0.1, 0.15) is 24.3 Å². The molecule has 0 saturated heterocycles. The minimum Gasteiger partial charge on any atom is -0.467 e. The molecule has 0 aliphatic heterocycles. The van der Waals surface area contributed by atoms with Gasteiger partial charge in [0, 0.05) is 7.05 Å². The summed E-state index contributed by atoms with van der Waals surface area (Å²) < 4.78 is 12.1. The highest BCUT2D eigenvalue weighted by molar-refractivity contribution is 5.86. The number of fused-ring (bicyclic) bond motifs is 1. The molecular formula is C17H23N5O6. The lowest BCUT2D eigenvalue weighted by atomic mass is 10.0. The van der Waals surface area contributed by atoms with Crippen LogP contribution >= 0.6 is 0 Å². The van der Waals surface area contributed by atoms with Gasteiger partial charge < -0.3 is 14.8 Å². The molecule has 0 aromatic carbocycles. The molecule has 152 valence electrons. The quantitative estimate of drug-likeness (QED) is 0.586. The summed E-state index contributed by atoms with van der Waals surface area (Å²) in [4.78, 5) is 52.0. The van der Waals surface area contributed by atoms with Crippen molar-refractivity contribution in [1.82, 2.24) is 24.6 Å². The van der Waals surface area contributed by atoms with Crippen molar-refractivity contribution in [1.29, 1.82) is 0 Å². The normalized spacial score (nSPS) is 12.0. The third-order valence-corrected chi connectivity index (χ3v) is 3.91. The fourth-order valence-electron chi connectivity index (χ4n) is 2.57. The second kappa shape index (κ2) is 9.11. The maximum Gasteiger partial charge on any atom is 0.328 e. The SMILES string of the molecule is COC(=O)C(CC(C)C)NC(=O)COC(=O)Cn1cnc2c(cnn2C)c1=O. The van der Waals surface area contributed by atoms with Crippen LogP contribution in [0, 0.1) is 5.92 Å². The average molecular weight is 393 g/mol. The summed E-state index contributed by atoms with van der Waals surface area (Å²) in [5.74, 6) is -1.86. The predicted octanol–water partition coefficient (Wildman–Crippen LogP) is -0.623. The van der Waals surface area contributed by atoms with Crippen LogP contribution in [0.25, 0.3) is 11.0 Å². The van der Waals surface area contributed by atoms with Crippen LogP contribution in [0.1, 0.15) is 20.3 Å². The summed E-state index contributed by atoms with van der Waals surface area (Å²) in [6.07, 6.45) is 2.96. The Balaban J connectivity index is 1.93. The number of nitrogens with one attached hydrogen (secondary N) is 1. The number of hydrogen-bond donors (Lipinski definition) is 1. The fraction of sp³-hybridized carbons (Fsp3) is 0.529. The van der Waals surface area contributed by atoms with Crippen LogP contribution in [0.4, 0.5) is 0 Å². The number of ether oxygens (including phenoxy) is 2. The Kier molecular flexibility index (Phi) is 6.85. The zero-order valence-electron chi connectivity index (χ0n) is 16.2. The van der Waals surface area contributed by atoms with Crippen molar-refractivity contribution in [3.8, 4) is 0 Å². The van der Waals surface area contributed by atoms with Crippen molar-refractivity contribution in [2.75, 3.05) is 13.7 Å². The van der Waals surface area contributed by atoms with Gasteiger partial charge in [-0.1, -0.05) is 13.8 Å². The molecule has 0 radical (unpaired) electrons. The lowest BCUT2D eigenvalue weighted by Crippen LogP contribution is -2.44. The zero-order chi connectivity index (χ0) is 20.8. The van der Waals surface area contributed by atoms with Crippen LogP contribution < -0.4 is 10.9 Å². The van der Waals surface area contributed by atoms with E-state index in [9.17, 15) is 19.2 Å². The molecule has 0 aliphatic carbocycles. The van der Waals surface area contributed by atoms with Gasteiger partial charge in [0.05, 0.1) is 13.3 Å². The second-order valence-corrected chi connectivity index (χ2v) is 6.62. The Bertz CT molecular complexity index is 932. The molecule has 1 unspecified atom stereocenters. The van der Waals surface area contributed by atoms with Gasteiger partial charge in [-0.3, -0.25) is 23.6 Å². The van der Waals surface area contributed by atoms with Gasteiger partial charge in [-0.15, -0.1) is 0 Å². The van der Waals surface area contributed by atoms with Gasteiger partial charge in [-0.05, 0) is 12.3 Å². The van der Waals surface area contributed by atoms with E-state index < -0.39 is 42.6 Å². The van der Waals surface area contributed by atoms with Crippen molar-refractivity contribution in [2.24, 2.45) is 13.0 Å². The molecule has 0 spiro atoms. The Morgan fingerprint density at radius 2 is 2.00 bits per heavy atom. The molecule has 1 amide bonds. The predicted molar refractivity (Wildman–Crippen MR) is 97.1 cm³/mol. The lowest BCUT2D eigenvalue weighted by Gasteiger charge is -2.18. The van der Waals surface area contributed by atoms with Gasteiger partial charge in [-0.25, -0.2) is 9.78 Å². The summed E-state index contributed by atoms with van der Waals surface area (Å²) >= 11 is 0. The van der Waals surface area contributed by atoms with E-state index in [0.29, 0.717) is 12.1 Å². The van der Waals surface area contributed by atoms with E-state index in [1.165, 1.54) is 24.3 Å². The van der Waals surface area contributed by atoms with Crippen molar-refractivity contribution >= 4 is 28.9 Å². The highest BCUT2D eigenvalue weighted by Crippen LogP contribution is 2.06. The number of methoxy groups -OCH3 is 1. The highest BCUT2D eigenvalue weighted by Gasteiger charge is 2.23. The first-order chi connectivity index (χ1) is 13.2. The molecule has 0 bridgehead atoms. The second-order valence-electron chi connectivity index (χ2n) is 6.62. The van der Waals surface area contributed by atoms with E-state index >= 15 is 0 Å². The summed E-state index contributed by atoms with van der Waals surface area (Å²) in [5, 5.41) is 6.68. The van der Waals surface area contributed by atoms with E-state index in [4.69, 9.17) is 4.74 Å². The van der Waals surface area contributed by atoms with Crippen LogP contribution in [0.2, 0.25) is 0 Å². The molecule has 2 aromatic rings. The number of rotatable bonds is 8. The number of amides is 1. The first kappa shape index (κ1) is 21.1. The number of esters is 2. The standard InChI is InChI=1S/C17H23N5O6/c1-10(2)5-12(17(26)27-4)20-13(23)8-28-14(24)7-22-9-18-15-11(16(22)25)6-19-21(15)3/h6,9-10,12H,5,7-8H2,1-4H3,(H,20,23). The molecule has 0 aliphatic rings. The Hall–Kier alpha value is -3.24. The van der Waals surface area contributed by atoms with Crippen molar-refractivity contribution < 1.29 is 23.9 Å². The van der Waals surface area contributed by atoms with E-state index in [1.54, 1.807) is 7.05 Å². The van der Waals surface area contributed by atoms with Gasteiger partial charge in [0.15, 0.2) is 12.3 Å². The monoisotopic (exact) mass is 393 g/mol.